The Kier molecular flexibility index (Phi) is 7.77. The summed E-state index contributed by atoms with van der Waals surface area (Å²) in [6.45, 7) is 3.48. The van der Waals surface area contributed by atoms with Crippen molar-refractivity contribution in [3.05, 3.63) is 77.5 Å². The van der Waals surface area contributed by atoms with E-state index < -0.39 is 0 Å². The molecule has 2 aromatic heterocycles. The summed E-state index contributed by atoms with van der Waals surface area (Å²) in [6, 6.07) is 18.9. The predicted molar refractivity (Wildman–Crippen MR) is 134 cm³/mol. The van der Waals surface area contributed by atoms with Crippen LogP contribution >= 0.6 is 11.6 Å². The first-order valence-corrected chi connectivity index (χ1v) is 11.5. The molecule has 0 unspecified atom stereocenters. The van der Waals surface area contributed by atoms with Gasteiger partial charge in [0.25, 0.3) is 0 Å². The van der Waals surface area contributed by atoms with Gasteiger partial charge < -0.3 is 19.4 Å². The number of rotatable bonds is 10. The minimum Gasteiger partial charge on any atom is -0.461 e. The molecule has 0 spiro atoms. The lowest BCUT2D eigenvalue weighted by atomic mass is 10.1. The summed E-state index contributed by atoms with van der Waals surface area (Å²) < 4.78 is 10.9. The molecular weight excluding hydrogens is 452 g/mol. The number of methoxy groups -OCH3 is 1. The number of anilines is 1. The van der Waals surface area contributed by atoms with Gasteiger partial charge in [0.15, 0.2) is 11.6 Å². The molecule has 7 nitrogen and oxygen atoms in total. The second kappa shape index (κ2) is 11.1. The summed E-state index contributed by atoms with van der Waals surface area (Å²) >= 11 is 6.24. The fraction of sp³-hybridized carbons (Fsp3) is 0.269. The zero-order valence-electron chi connectivity index (χ0n) is 19.2. The van der Waals surface area contributed by atoms with Gasteiger partial charge in [0.2, 0.25) is 5.91 Å². The largest absolute Gasteiger partial charge is 0.461 e. The van der Waals surface area contributed by atoms with Crippen LogP contribution in [0.1, 0.15) is 24.9 Å². The van der Waals surface area contributed by atoms with Crippen LogP contribution < -0.4 is 10.2 Å². The van der Waals surface area contributed by atoms with Crippen LogP contribution in [0.2, 0.25) is 5.02 Å². The Labute approximate surface area is 203 Å². The molecule has 8 heteroatoms. The van der Waals surface area contributed by atoms with Crippen molar-refractivity contribution in [1.29, 1.82) is 0 Å². The Bertz CT molecular complexity index is 1230. The number of hydrogen-bond donors (Lipinski definition) is 1. The molecule has 0 aliphatic carbocycles. The number of amides is 1. The summed E-state index contributed by atoms with van der Waals surface area (Å²) in [5.74, 6) is 1.68. The van der Waals surface area contributed by atoms with Crippen molar-refractivity contribution in [3.8, 4) is 11.6 Å². The molecule has 0 aliphatic heterocycles. The van der Waals surface area contributed by atoms with Gasteiger partial charge in [-0.25, -0.2) is 9.97 Å². The van der Waals surface area contributed by atoms with E-state index in [-0.39, 0.29) is 11.9 Å². The van der Waals surface area contributed by atoms with Crippen molar-refractivity contribution in [2.24, 2.45) is 0 Å². The second-order valence-electron chi connectivity index (χ2n) is 7.94. The number of fused-ring (bicyclic) bond motifs is 1. The summed E-state index contributed by atoms with van der Waals surface area (Å²) in [7, 11) is 1.65. The number of ether oxygens (including phenoxy) is 1. The molecule has 0 aliphatic rings. The average Bonchev–Trinajstić information content (AvgIpc) is 3.39. The summed E-state index contributed by atoms with van der Waals surface area (Å²) in [6.07, 6.45) is 1.89. The normalized spacial score (nSPS) is 12.0. The van der Waals surface area contributed by atoms with E-state index in [2.05, 4.69) is 10.3 Å². The van der Waals surface area contributed by atoms with Crippen molar-refractivity contribution in [3.63, 3.8) is 0 Å². The van der Waals surface area contributed by atoms with Crippen molar-refractivity contribution in [2.75, 3.05) is 31.7 Å². The molecule has 1 amide bonds. The second-order valence-corrected chi connectivity index (χ2v) is 8.38. The Morgan fingerprint density at radius 2 is 1.94 bits per heavy atom. The molecule has 0 bridgehead atoms. The Morgan fingerprint density at radius 1 is 1.12 bits per heavy atom. The first-order valence-electron chi connectivity index (χ1n) is 11.1. The lowest BCUT2D eigenvalue weighted by molar-refractivity contribution is -0.121. The molecule has 2 heterocycles. The van der Waals surface area contributed by atoms with E-state index >= 15 is 0 Å². The van der Waals surface area contributed by atoms with Gasteiger partial charge in [0.05, 0.1) is 24.4 Å². The van der Waals surface area contributed by atoms with Crippen LogP contribution in [-0.2, 0) is 9.53 Å². The monoisotopic (exact) mass is 478 g/mol. The van der Waals surface area contributed by atoms with E-state index in [4.69, 9.17) is 25.7 Å². The number of carbonyl (C=O) groups excluding carboxylic acids is 1. The van der Waals surface area contributed by atoms with Crippen LogP contribution in [0.15, 0.2) is 71.3 Å². The molecule has 4 rings (SSSR count). The van der Waals surface area contributed by atoms with Gasteiger partial charge in [-0.3, -0.25) is 4.79 Å². The lowest BCUT2D eigenvalue weighted by Crippen LogP contribution is -2.34. The minimum absolute atomic E-state index is 0.0357. The average molecular weight is 479 g/mol. The Balaban J connectivity index is 1.59. The van der Waals surface area contributed by atoms with Crippen LogP contribution in [0.25, 0.3) is 22.5 Å². The van der Waals surface area contributed by atoms with E-state index in [1.165, 1.54) is 0 Å². The van der Waals surface area contributed by atoms with E-state index in [9.17, 15) is 4.79 Å². The van der Waals surface area contributed by atoms with Crippen molar-refractivity contribution < 1.29 is 13.9 Å². The quantitative estimate of drug-likeness (QED) is 0.334. The third-order valence-corrected chi connectivity index (χ3v) is 5.77. The molecule has 4 aromatic rings. The molecule has 0 radical (unpaired) electrons. The number of nitrogens with one attached hydrogen (secondary N) is 1. The van der Waals surface area contributed by atoms with Crippen LogP contribution in [0, 0.1) is 0 Å². The predicted octanol–water partition coefficient (Wildman–Crippen LogP) is 5.26. The Morgan fingerprint density at radius 3 is 2.68 bits per heavy atom. The van der Waals surface area contributed by atoms with Gasteiger partial charge in [0.1, 0.15) is 5.82 Å². The zero-order chi connectivity index (χ0) is 23.9. The van der Waals surface area contributed by atoms with Crippen LogP contribution in [0.5, 0.6) is 0 Å². The maximum atomic E-state index is 12.8. The van der Waals surface area contributed by atoms with Gasteiger partial charge in [-0.15, -0.1) is 0 Å². The highest BCUT2D eigenvalue weighted by Gasteiger charge is 2.19. The van der Waals surface area contributed by atoms with Crippen LogP contribution in [0.3, 0.4) is 0 Å². The highest BCUT2D eigenvalue weighted by molar-refractivity contribution is 6.31. The Hall–Kier alpha value is -3.42. The lowest BCUT2D eigenvalue weighted by Gasteiger charge is -2.25. The number of halogens is 1. The van der Waals surface area contributed by atoms with Crippen molar-refractivity contribution in [1.82, 2.24) is 15.3 Å². The standard InChI is InChI=1S/C26H27ClN4O3/c1-18(19-7-4-3-5-8-19)28-24(32)12-13-31(14-16-33-2)26-21-11-10-20(27)17-22(21)29-25(30-26)23-9-6-15-34-23/h3-11,15,17-18H,12-14,16H2,1-2H3,(H,28,32)/t18-/m0/s1. The number of carbonyl (C=O) groups is 1. The molecule has 0 saturated carbocycles. The number of hydrogen-bond acceptors (Lipinski definition) is 6. The number of aromatic nitrogens is 2. The van der Waals surface area contributed by atoms with Crippen molar-refractivity contribution in [2.45, 2.75) is 19.4 Å². The SMILES string of the molecule is COCCN(CCC(=O)N[C@@H](C)c1ccccc1)c1nc(-c2ccco2)nc2cc(Cl)ccc12. The highest BCUT2D eigenvalue weighted by Crippen LogP contribution is 2.30. The summed E-state index contributed by atoms with van der Waals surface area (Å²) in [5, 5.41) is 4.50. The molecule has 1 atom stereocenters. The molecule has 0 saturated heterocycles. The molecule has 2 aromatic carbocycles. The van der Waals surface area contributed by atoms with Gasteiger partial charge >= 0.3 is 0 Å². The fourth-order valence-corrected chi connectivity index (χ4v) is 3.91. The minimum atomic E-state index is -0.0753. The van der Waals surface area contributed by atoms with Gasteiger partial charge in [-0.2, -0.15) is 0 Å². The number of benzene rings is 2. The fourth-order valence-electron chi connectivity index (χ4n) is 3.74. The maximum absolute atomic E-state index is 12.8. The maximum Gasteiger partial charge on any atom is 0.222 e. The van der Waals surface area contributed by atoms with Crippen molar-refractivity contribution >= 4 is 34.2 Å². The highest BCUT2D eigenvalue weighted by atomic mass is 35.5. The zero-order valence-corrected chi connectivity index (χ0v) is 20.0. The van der Waals surface area contributed by atoms with E-state index in [1.807, 2.05) is 60.4 Å². The van der Waals surface area contributed by atoms with Gasteiger partial charge in [0, 0.05) is 37.0 Å². The number of nitrogens with zero attached hydrogens (tertiary/aromatic N) is 3. The third kappa shape index (κ3) is 5.73. The topological polar surface area (TPSA) is 80.5 Å². The van der Waals surface area contributed by atoms with E-state index in [1.54, 1.807) is 25.5 Å². The molecule has 176 valence electrons. The van der Waals surface area contributed by atoms with Crippen LogP contribution in [-0.4, -0.2) is 42.7 Å². The van der Waals surface area contributed by atoms with Gasteiger partial charge in [-0.05, 0) is 42.8 Å². The molecule has 1 N–H and O–H groups in total. The first kappa shape index (κ1) is 23.7. The van der Waals surface area contributed by atoms with Gasteiger partial charge in [-0.1, -0.05) is 41.9 Å². The van der Waals surface area contributed by atoms with Crippen LogP contribution in [0.4, 0.5) is 5.82 Å². The third-order valence-electron chi connectivity index (χ3n) is 5.53. The summed E-state index contributed by atoms with van der Waals surface area (Å²) in [5.41, 5.74) is 1.77. The summed E-state index contributed by atoms with van der Waals surface area (Å²) in [4.78, 5) is 24.3. The van der Waals surface area contributed by atoms with E-state index in [0.29, 0.717) is 54.1 Å². The van der Waals surface area contributed by atoms with E-state index in [0.717, 1.165) is 10.9 Å². The number of furan rings is 1. The molecule has 0 fully saturated rings. The smallest absolute Gasteiger partial charge is 0.222 e. The molecular formula is C26H27ClN4O3. The molecule has 34 heavy (non-hydrogen) atoms. The first-order chi connectivity index (χ1) is 16.5.